The zero-order valence-corrected chi connectivity index (χ0v) is 13.2. The van der Waals surface area contributed by atoms with Gasteiger partial charge in [0.25, 0.3) is 5.91 Å². The summed E-state index contributed by atoms with van der Waals surface area (Å²) in [5.41, 5.74) is 2.94. The minimum Gasteiger partial charge on any atom is -0.307 e. The lowest BCUT2D eigenvalue weighted by Crippen LogP contribution is -2.38. The van der Waals surface area contributed by atoms with Gasteiger partial charge in [0, 0.05) is 29.7 Å². The molecule has 0 fully saturated rings. The predicted molar refractivity (Wildman–Crippen MR) is 88.1 cm³/mol. The third-order valence-corrected chi connectivity index (χ3v) is 4.13. The molecule has 0 bridgehead atoms. The summed E-state index contributed by atoms with van der Waals surface area (Å²) in [6, 6.07) is 11.8. The molecule has 1 unspecified atom stereocenters. The molecule has 120 valence electrons. The summed E-state index contributed by atoms with van der Waals surface area (Å²) in [6.07, 6.45) is 4.22. The van der Waals surface area contributed by atoms with Crippen LogP contribution in [0.25, 0.3) is 11.4 Å². The van der Waals surface area contributed by atoms with Gasteiger partial charge in [-0.05, 0) is 42.3 Å². The number of para-hydroxylation sites is 1. The van der Waals surface area contributed by atoms with Crippen LogP contribution in [0.3, 0.4) is 0 Å². The van der Waals surface area contributed by atoms with Gasteiger partial charge in [-0.1, -0.05) is 18.2 Å². The first-order valence-corrected chi connectivity index (χ1v) is 7.80. The number of tetrazole rings is 1. The lowest BCUT2D eigenvalue weighted by Gasteiger charge is -2.22. The van der Waals surface area contributed by atoms with Crippen molar-refractivity contribution in [2.24, 2.45) is 0 Å². The Bertz CT molecular complexity index is 876. The molecular weight excluding hydrogens is 304 g/mol. The number of rotatable bonds is 3. The van der Waals surface area contributed by atoms with Gasteiger partial charge in [0.05, 0.1) is 0 Å². The second-order valence-electron chi connectivity index (χ2n) is 5.83. The van der Waals surface area contributed by atoms with Gasteiger partial charge in [-0.3, -0.25) is 9.78 Å². The molecule has 3 aromatic rings. The van der Waals surface area contributed by atoms with Crippen molar-refractivity contribution < 1.29 is 4.79 Å². The molecule has 0 N–H and O–H groups in total. The minimum atomic E-state index is -0.0393. The van der Waals surface area contributed by atoms with E-state index in [0.717, 1.165) is 17.7 Å². The van der Waals surface area contributed by atoms with E-state index in [1.54, 1.807) is 12.4 Å². The van der Waals surface area contributed by atoms with Crippen LogP contribution in [-0.2, 0) is 17.8 Å². The maximum absolute atomic E-state index is 12.7. The summed E-state index contributed by atoms with van der Waals surface area (Å²) < 4.78 is 0. The standard InChI is InChI=1S/C17H16N6O/c1-12-9-13-5-2-3-7-15(13)23(12)16(24)11-22-20-17(19-21-22)14-6-4-8-18-10-14/h2-8,10,12H,9,11H2,1H3. The zero-order chi connectivity index (χ0) is 16.5. The van der Waals surface area contributed by atoms with Crippen molar-refractivity contribution in [1.29, 1.82) is 0 Å². The number of fused-ring (bicyclic) bond motifs is 1. The van der Waals surface area contributed by atoms with Gasteiger partial charge in [0.1, 0.15) is 6.54 Å². The van der Waals surface area contributed by atoms with Crippen molar-refractivity contribution in [2.75, 3.05) is 4.90 Å². The first kappa shape index (κ1) is 14.5. The lowest BCUT2D eigenvalue weighted by atomic mass is 10.1. The molecule has 4 rings (SSSR count). The van der Waals surface area contributed by atoms with Gasteiger partial charge >= 0.3 is 0 Å². The first-order chi connectivity index (χ1) is 11.7. The Hall–Kier alpha value is -3.09. The van der Waals surface area contributed by atoms with Gasteiger partial charge in [-0.2, -0.15) is 4.80 Å². The monoisotopic (exact) mass is 320 g/mol. The molecule has 1 atom stereocenters. The fraction of sp³-hybridized carbons (Fsp3) is 0.235. The molecule has 24 heavy (non-hydrogen) atoms. The molecule has 2 aromatic heterocycles. The molecule has 1 amide bonds. The summed E-state index contributed by atoms with van der Waals surface area (Å²) >= 11 is 0. The molecular formula is C17H16N6O. The van der Waals surface area contributed by atoms with E-state index < -0.39 is 0 Å². The summed E-state index contributed by atoms with van der Waals surface area (Å²) in [7, 11) is 0. The number of pyridine rings is 1. The van der Waals surface area contributed by atoms with Crippen LogP contribution < -0.4 is 4.90 Å². The third kappa shape index (κ3) is 2.54. The number of anilines is 1. The first-order valence-electron chi connectivity index (χ1n) is 7.80. The molecule has 7 heteroatoms. The van der Waals surface area contributed by atoms with Gasteiger partial charge in [-0.15, -0.1) is 10.2 Å². The maximum atomic E-state index is 12.7. The Labute approximate surface area is 138 Å². The van der Waals surface area contributed by atoms with Crippen LogP contribution in [0.15, 0.2) is 48.8 Å². The number of carbonyl (C=O) groups is 1. The van der Waals surface area contributed by atoms with Crippen molar-refractivity contribution >= 4 is 11.6 Å². The van der Waals surface area contributed by atoms with E-state index in [4.69, 9.17) is 0 Å². The normalized spacial score (nSPS) is 16.2. The molecule has 1 aliphatic rings. The second-order valence-corrected chi connectivity index (χ2v) is 5.83. The van der Waals surface area contributed by atoms with E-state index in [9.17, 15) is 4.79 Å². The molecule has 1 aromatic carbocycles. The Morgan fingerprint density at radius 3 is 2.96 bits per heavy atom. The Morgan fingerprint density at radius 1 is 1.25 bits per heavy atom. The topological polar surface area (TPSA) is 76.8 Å². The van der Waals surface area contributed by atoms with Crippen molar-refractivity contribution in [3.05, 3.63) is 54.4 Å². The maximum Gasteiger partial charge on any atom is 0.250 e. The van der Waals surface area contributed by atoms with Crippen LogP contribution in [0.4, 0.5) is 5.69 Å². The van der Waals surface area contributed by atoms with Crippen molar-refractivity contribution in [3.63, 3.8) is 0 Å². The fourth-order valence-corrected chi connectivity index (χ4v) is 3.06. The zero-order valence-electron chi connectivity index (χ0n) is 13.2. The smallest absolute Gasteiger partial charge is 0.250 e. The number of hydrogen-bond donors (Lipinski definition) is 0. The predicted octanol–water partition coefficient (Wildman–Crippen LogP) is 1.71. The minimum absolute atomic E-state index is 0.0393. The highest BCUT2D eigenvalue weighted by Gasteiger charge is 2.30. The molecule has 3 heterocycles. The highest BCUT2D eigenvalue weighted by atomic mass is 16.2. The van der Waals surface area contributed by atoms with Crippen LogP contribution in [0.2, 0.25) is 0 Å². The summed E-state index contributed by atoms with van der Waals surface area (Å²) in [4.78, 5) is 19.9. The molecule has 0 saturated carbocycles. The SMILES string of the molecule is CC1Cc2ccccc2N1C(=O)Cn1nnc(-c2cccnc2)n1. The quantitative estimate of drug-likeness (QED) is 0.734. The van der Waals surface area contributed by atoms with E-state index in [2.05, 4.69) is 26.5 Å². The van der Waals surface area contributed by atoms with Crippen molar-refractivity contribution in [3.8, 4) is 11.4 Å². The van der Waals surface area contributed by atoms with Crippen LogP contribution in [0.1, 0.15) is 12.5 Å². The third-order valence-electron chi connectivity index (χ3n) is 4.13. The Morgan fingerprint density at radius 2 is 2.12 bits per heavy atom. The molecule has 7 nitrogen and oxygen atoms in total. The highest BCUT2D eigenvalue weighted by Crippen LogP contribution is 2.31. The lowest BCUT2D eigenvalue weighted by molar-refractivity contribution is -0.119. The number of benzene rings is 1. The summed E-state index contributed by atoms with van der Waals surface area (Å²) in [6.45, 7) is 2.11. The van der Waals surface area contributed by atoms with E-state index in [1.165, 1.54) is 10.4 Å². The van der Waals surface area contributed by atoms with Crippen LogP contribution >= 0.6 is 0 Å². The molecule has 0 spiro atoms. The number of hydrogen-bond acceptors (Lipinski definition) is 5. The number of carbonyl (C=O) groups excluding carboxylic acids is 1. The van der Waals surface area contributed by atoms with Crippen molar-refractivity contribution in [2.45, 2.75) is 25.9 Å². The van der Waals surface area contributed by atoms with Crippen LogP contribution in [0, 0.1) is 0 Å². The van der Waals surface area contributed by atoms with Gasteiger partial charge in [0.2, 0.25) is 5.82 Å². The average Bonchev–Trinajstić information content (AvgIpc) is 3.19. The second kappa shape index (κ2) is 5.84. The fourth-order valence-electron chi connectivity index (χ4n) is 3.06. The Kier molecular flexibility index (Phi) is 3.53. The van der Waals surface area contributed by atoms with Gasteiger partial charge < -0.3 is 4.90 Å². The highest BCUT2D eigenvalue weighted by molar-refractivity contribution is 5.95. The van der Waals surface area contributed by atoms with Crippen molar-refractivity contribution in [1.82, 2.24) is 25.2 Å². The average molecular weight is 320 g/mol. The Balaban J connectivity index is 1.54. The van der Waals surface area contributed by atoms with E-state index in [-0.39, 0.29) is 18.5 Å². The van der Waals surface area contributed by atoms with Crippen LogP contribution in [-0.4, -0.2) is 37.1 Å². The summed E-state index contributed by atoms with van der Waals surface area (Å²) in [5, 5.41) is 12.3. The number of amides is 1. The number of aromatic nitrogens is 5. The van der Waals surface area contributed by atoms with E-state index >= 15 is 0 Å². The van der Waals surface area contributed by atoms with Crippen LogP contribution in [0.5, 0.6) is 0 Å². The molecule has 0 radical (unpaired) electrons. The molecule has 1 aliphatic heterocycles. The molecule has 0 saturated heterocycles. The largest absolute Gasteiger partial charge is 0.307 e. The van der Waals surface area contributed by atoms with Gasteiger partial charge in [-0.25, -0.2) is 0 Å². The summed E-state index contributed by atoms with van der Waals surface area (Å²) in [5.74, 6) is 0.424. The number of nitrogens with zero attached hydrogens (tertiary/aromatic N) is 6. The van der Waals surface area contributed by atoms with E-state index in [0.29, 0.717) is 5.82 Å². The van der Waals surface area contributed by atoms with Gasteiger partial charge in [0.15, 0.2) is 0 Å². The molecule has 0 aliphatic carbocycles. The van der Waals surface area contributed by atoms with E-state index in [1.807, 2.05) is 42.2 Å².